The summed E-state index contributed by atoms with van der Waals surface area (Å²) in [4.78, 5) is 2.62. The van der Waals surface area contributed by atoms with E-state index in [1.807, 2.05) is 0 Å². The smallest absolute Gasteiger partial charge is 0.0407 e. The minimum absolute atomic E-state index is 0.261. The lowest BCUT2D eigenvalue weighted by atomic mass is 9.58. The highest BCUT2D eigenvalue weighted by atomic mass is 15.2. The number of rotatable bonds is 1. The van der Waals surface area contributed by atoms with Crippen molar-refractivity contribution in [2.24, 2.45) is 0 Å². The van der Waals surface area contributed by atoms with Crippen molar-refractivity contribution < 1.29 is 0 Å². The molecule has 1 nitrogen and oxygen atoms in total. The third kappa shape index (κ3) is 1.64. The fourth-order valence-corrected chi connectivity index (χ4v) is 4.81. The van der Waals surface area contributed by atoms with Crippen LogP contribution in [0.1, 0.15) is 42.9 Å². The number of benzene rings is 2. The lowest BCUT2D eigenvalue weighted by Gasteiger charge is -2.58. The van der Waals surface area contributed by atoms with Gasteiger partial charge in [-0.25, -0.2) is 0 Å². The maximum absolute atomic E-state index is 2.62. The van der Waals surface area contributed by atoms with E-state index in [-0.39, 0.29) is 5.41 Å². The Morgan fingerprint density at radius 2 is 1.76 bits per heavy atom. The van der Waals surface area contributed by atoms with Crippen molar-refractivity contribution >= 4 is 5.69 Å². The van der Waals surface area contributed by atoms with Crippen LogP contribution in [0.15, 0.2) is 48.5 Å². The quantitative estimate of drug-likeness (QED) is 0.733. The van der Waals surface area contributed by atoms with Crippen molar-refractivity contribution in [3.05, 3.63) is 65.2 Å². The summed E-state index contributed by atoms with van der Waals surface area (Å²) < 4.78 is 0. The Kier molecular flexibility index (Phi) is 2.69. The van der Waals surface area contributed by atoms with Crippen LogP contribution in [0.25, 0.3) is 0 Å². The van der Waals surface area contributed by atoms with Crippen LogP contribution < -0.4 is 4.90 Å². The molecule has 108 valence electrons. The molecule has 2 aromatic rings. The molecule has 0 radical (unpaired) electrons. The second-order valence-corrected chi connectivity index (χ2v) is 6.95. The van der Waals surface area contributed by atoms with Gasteiger partial charge in [-0.2, -0.15) is 0 Å². The van der Waals surface area contributed by atoms with Crippen LogP contribution in [-0.2, 0) is 5.41 Å². The molecule has 0 saturated carbocycles. The Morgan fingerprint density at radius 1 is 1.05 bits per heavy atom. The Morgan fingerprint density at radius 3 is 2.57 bits per heavy atom. The zero-order valence-corrected chi connectivity index (χ0v) is 13.1. The van der Waals surface area contributed by atoms with Crippen LogP contribution in [0.2, 0.25) is 0 Å². The maximum atomic E-state index is 2.62. The van der Waals surface area contributed by atoms with Crippen molar-refractivity contribution in [3.63, 3.8) is 0 Å². The maximum Gasteiger partial charge on any atom is 0.0407 e. The summed E-state index contributed by atoms with van der Waals surface area (Å²) in [6.07, 6.45) is 1.26. The second kappa shape index (κ2) is 4.37. The molecule has 0 amide bonds. The van der Waals surface area contributed by atoms with Gasteiger partial charge in [-0.05, 0) is 43.0 Å². The molecule has 21 heavy (non-hydrogen) atoms. The Hall–Kier alpha value is -1.76. The van der Waals surface area contributed by atoms with Crippen molar-refractivity contribution in [1.82, 2.24) is 0 Å². The molecule has 2 bridgehead atoms. The lowest BCUT2D eigenvalue weighted by Crippen LogP contribution is -2.57. The van der Waals surface area contributed by atoms with Gasteiger partial charge in [-0.1, -0.05) is 49.4 Å². The average Bonchev–Trinajstić information content (AvgIpc) is 2.49. The molecule has 1 saturated heterocycles. The highest BCUT2D eigenvalue weighted by molar-refractivity contribution is 5.65. The largest absolute Gasteiger partial charge is 0.368 e. The molecule has 0 N–H and O–H groups in total. The highest BCUT2D eigenvalue weighted by Gasteiger charge is 2.51. The molecule has 3 unspecified atom stereocenters. The zero-order valence-electron chi connectivity index (χ0n) is 13.1. The van der Waals surface area contributed by atoms with Crippen LogP contribution in [0.3, 0.4) is 0 Å². The van der Waals surface area contributed by atoms with Crippen LogP contribution in [0.4, 0.5) is 5.69 Å². The molecule has 3 aliphatic heterocycles. The van der Waals surface area contributed by atoms with E-state index < -0.39 is 0 Å². The van der Waals surface area contributed by atoms with Gasteiger partial charge >= 0.3 is 0 Å². The minimum Gasteiger partial charge on any atom is -0.368 e. The number of hydrogen-bond acceptors (Lipinski definition) is 1. The first-order valence-corrected chi connectivity index (χ1v) is 8.04. The third-order valence-electron chi connectivity index (χ3n) is 5.88. The number of aryl methyl sites for hydroxylation is 1. The van der Waals surface area contributed by atoms with Crippen LogP contribution >= 0.6 is 0 Å². The molecule has 1 heteroatoms. The predicted molar refractivity (Wildman–Crippen MR) is 89.1 cm³/mol. The fraction of sp³-hybridized carbons (Fsp3) is 0.400. The first-order valence-electron chi connectivity index (χ1n) is 8.04. The van der Waals surface area contributed by atoms with E-state index in [2.05, 4.69) is 74.2 Å². The van der Waals surface area contributed by atoms with Gasteiger partial charge in [0.05, 0.1) is 0 Å². The normalized spacial score (nSPS) is 30.3. The van der Waals surface area contributed by atoms with Gasteiger partial charge in [-0.15, -0.1) is 0 Å². The molecule has 3 aliphatic rings. The highest BCUT2D eigenvalue weighted by Crippen LogP contribution is 2.56. The van der Waals surface area contributed by atoms with E-state index in [4.69, 9.17) is 0 Å². The second-order valence-electron chi connectivity index (χ2n) is 6.95. The topological polar surface area (TPSA) is 3.24 Å². The van der Waals surface area contributed by atoms with E-state index in [0.717, 1.165) is 0 Å². The van der Waals surface area contributed by atoms with Crippen molar-refractivity contribution in [2.75, 3.05) is 11.4 Å². The number of fused-ring (bicyclic) bond motifs is 2. The van der Waals surface area contributed by atoms with E-state index in [0.29, 0.717) is 12.0 Å². The zero-order chi connectivity index (χ0) is 14.6. The molecule has 0 aromatic heterocycles. The van der Waals surface area contributed by atoms with E-state index >= 15 is 0 Å². The van der Waals surface area contributed by atoms with Crippen LogP contribution in [0, 0.1) is 6.92 Å². The van der Waals surface area contributed by atoms with E-state index in [1.54, 1.807) is 5.56 Å². The number of para-hydroxylation sites is 1. The Bertz CT molecular complexity index is 690. The minimum atomic E-state index is 0.261. The Balaban J connectivity index is 1.94. The summed E-state index contributed by atoms with van der Waals surface area (Å²) in [7, 11) is 0. The SMILES string of the molecule is Cc1ccccc1C1C(C)N2CCC1(C)c1ccccc12. The molecular formula is C20H23N. The standard InChI is InChI=1S/C20H23N/c1-14-8-4-5-9-16(14)19-15(2)21-13-12-20(19,3)17-10-6-7-11-18(17)21/h4-11,15,19H,12-13H2,1-3H3. The summed E-state index contributed by atoms with van der Waals surface area (Å²) in [5, 5.41) is 0. The molecule has 1 fully saturated rings. The van der Waals surface area contributed by atoms with E-state index in [1.165, 1.54) is 29.8 Å². The van der Waals surface area contributed by atoms with Crippen molar-refractivity contribution in [2.45, 2.75) is 44.6 Å². The molecular weight excluding hydrogens is 254 g/mol. The fourth-order valence-electron chi connectivity index (χ4n) is 4.81. The van der Waals surface area contributed by atoms with Crippen molar-refractivity contribution in [3.8, 4) is 0 Å². The van der Waals surface area contributed by atoms with Gasteiger partial charge in [0.2, 0.25) is 0 Å². The number of nitrogens with zero attached hydrogens (tertiary/aromatic N) is 1. The first kappa shape index (κ1) is 12.9. The third-order valence-corrected chi connectivity index (χ3v) is 5.88. The van der Waals surface area contributed by atoms with Gasteiger partial charge in [0.15, 0.2) is 0 Å². The number of anilines is 1. The van der Waals surface area contributed by atoms with Crippen LogP contribution in [-0.4, -0.2) is 12.6 Å². The molecule has 0 spiro atoms. The summed E-state index contributed by atoms with van der Waals surface area (Å²) in [6, 6.07) is 18.5. The first-order chi connectivity index (χ1) is 10.1. The number of hydrogen-bond donors (Lipinski definition) is 0. The molecule has 5 rings (SSSR count). The monoisotopic (exact) mass is 277 g/mol. The van der Waals surface area contributed by atoms with Crippen molar-refractivity contribution in [1.29, 1.82) is 0 Å². The summed E-state index contributed by atoms with van der Waals surface area (Å²) in [5.74, 6) is 0.586. The molecule has 2 aromatic carbocycles. The van der Waals surface area contributed by atoms with Gasteiger partial charge in [-0.3, -0.25) is 0 Å². The molecule has 3 heterocycles. The summed E-state index contributed by atoms with van der Waals surface area (Å²) in [6.45, 7) is 8.34. The molecule has 0 aliphatic carbocycles. The lowest BCUT2D eigenvalue weighted by molar-refractivity contribution is 0.243. The summed E-state index contributed by atoms with van der Waals surface area (Å²) in [5.41, 5.74) is 6.23. The predicted octanol–water partition coefficient (Wildman–Crippen LogP) is 4.65. The van der Waals surface area contributed by atoms with Gasteiger partial charge < -0.3 is 4.90 Å². The molecule has 3 atom stereocenters. The van der Waals surface area contributed by atoms with Gasteiger partial charge in [0.25, 0.3) is 0 Å². The van der Waals surface area contributed by atoms with Gasteiger partial charge in [0.1, 0.15) is 0 Å². The number of piperidine rings is 1. The van der Waals surface area contributed by atoms with Crippen LogP contribution in [0.5, 0.6) is 0 Å². The van der Waals surface area contributed by atoms with Gasteiger partial charge in [0, 0.05) is 29.6 Å². The van der Waals surface area contributed by atoms with E-state index in [9.17, 15) is 0 Å². The Labute approximate surface area is 127 Å². The summed E-state index contributed by atoms with van der Waals surface area (Å²) >= 11 is 0. The average molecular weight is 277 g/mol.